The number of hydrogen-bond acceptors (Lipinski definition) is 3. The van der Waals surface area contributed by atoms with Crippen molar-refractivity contribution in [1.29, 1.82) is 0 Å². The lowest BCUT2D eigenvalue weighted by Gasteiger charge is -2.16. The normalized spacial score (nSPS) is 14.8. The van der Waals surface area contributed by atoms with Gasteiger partial charge in [-0.15, -0.1) is 0 Å². The molecule has 1 aliphatic carbocycles. The first-order valence-corrected chi connectivity index (χ1v) is 8.55. The molecule has 2 amide bonds. The molecule has 1 fully saturated rings. The van der Waals surface area contributed by atoms with Gasteiger partial charge in [-0.2, -0.15) is 0 Å². The van der Waals surface area contributed by atoms with Crippen LogP contribution in [0.25, 0.3) is 0 Å². The average Bonchev–Trinajstić information content (AvgIpc) is 3.38. The molecule has 1 aromatic carbocycles. The molecule has 0 spiro atoms. The molecule has 6 heteroatoms. The molecular weight excluding hydrogens is 370 g/mol. The van der Waals surface area contributed by atoms with Crippen LogP contribution in [0, 0.1) is 12.3 Å². The second-order valence-corrected chi connectivity index (χ2v) is 6.96. The lowest BCUT2D eigenvalue weighted by Crippen LogP contribution is -2.39. The van der Waals surface area contributed by atoms with Crippen LogP contribution in [-0.2, 0) is 16.1 Å². The summed E-state index contributed by atoms with van der Waals surface area (Å²) < 4.78 is 0.952. The summed E-state index contributed by atoms with van der Waals surface area (Å²) in [6, 6.07) is 9.33. The first-order valence-electron chi connectivity index (χ1n) is 7.76. The molecule has 1 heterocycles. The zero-order chi connectivity index (χ0) is 17.2. The van der Waals surface area contributed by atoms with E-state index in [2.05, 4.69) is 31.5 Å². The van der Waals surface area contributed by atoms with Crippen LogP contribution in [0.4, 0.5) is 5.69 Å². The highest BCUT2D eigenvalue weighted by Crippen LogP contribution is 2.47. The van der Waals surface area contributed by atoms with E-state index in [-0.39, 0.29) is 11.8 Å². The Morgan fingerprint density at radius 2 is 2.04 bits per heavy atom. The van der Waals surface area contributed by atoms with E-state index in [0.717, 1.165) is 21.3 Å². The molecule has 1 aromatic heterocycles. The van der Waals surface area contributed by atoms with E-state index in [0.29, 0.717) is 19.4 Å². The number of nitrogens with zero attached hydrogens (tertiary/aromatic N) is 1. The van der Waals surface area contributed by atoms with Crippen molar-refractivity contribution in [2.24, 2.45) is 5.41 Å². The van der Waals surface area contributed by atoms with Gasteiger partial charge in [0.2, 0.25) is 11.8 Å². The molecule has 0 unspecified atom stereocenters. The Morgan fingerprint density at radius 3 is 2.67 bits per heavy atom. The SMILES string of the molecule is Cc1cc(Br)ccc1NC(=O)C1(C(=O)NCc2cccnc2)CC1. The maximum Gasteiger partial charge on any atom is 0.240 e. The van der Waals surface area contributed by atoms with Crippen LogP contribution in [-0.4, -0.2) is 16.8 Å². The number of aromatic nitrogens is 1. The lowest BCUT2D eigenvalue weighted by molar-refractivity contribution is -0.134. The van der Waals surface area contributed by atoms with Crippen molar-refractivity contribution in [3.8, 4) is 0 Å². The predicted octanol–water partition coefficient (Wildman–Crippen LogP) is 3.19. The average molecular weight is 388 g/mol. The Kier molecular flexibility index (Phi) is 4.66. The summed E-state index contributed by atoms with van der Waals surface area (Å²) in [4.78, 5) is 29.1. The predicted molar refractivity (Wildman–Crippen MR) is 95.3 cm³/mol. The van der Waals surface area contributed by atoms with Crippen molar-refractivity contribution in [3.63, 3.8) is 0 Å². The number of halogens is 1. The fraction of sp³-hybridized carbons (Fsp3) is 0.278. The number of benzene rings is 1. The third-order valence-electron chi connectivity index (χ3n) is 4.23. The monoisotopic (exact) mass is 387 g/mol. The zero-order valence-corrected chi connectivity index (χ0v) is 14.9. The van der Waals surface area contributed by atoms with Gasteiger partial charge in [0.25, 0.3) is 0 Å². The summed E-state index contributed by atoms with van der Waals surface area (Å²) in [5.41, 5.74) is 1.64. The number of amides is 2. The fourth-order valence-corrected chi connectivity index (χ4v) is 3.02. The highest BCUT2D eigenvalue weighted by Gasteiger charge is 2.56. The van der Waals surface area contributed by atoms with Gasteiger partial charge < -0.3 is 10.6 Å². The van der Waals surface area contributed by atoms with Crippen molar-refractivity contribution in [2.45, 2.75) is 26.3 Å². The molecular formula is C18H18BrN3O2. The van der Waals surface area contributed by atoms with Gasteiger partial charge in [-0.3, -0.25) is 14.6 Å². The quantitative estimate of drug-likeness (QED) is 0.773. The minimum absolute atomic E-state index is 0.224. The highest BCUT2D eigenvalue weighted by atomic mass is 79.9. The van der Waals surface area contributed by atoms with Gasteiger partial charge in [-0.1, -0.05) is 22.0 Å². The molecule has 3 rings (SSSR count). The van der Waals surface area contributed by atoms with Crippen LogP contribution >= 0.6 is 15.9 Å². The van der Waals surface area contributed by atoms with Gasteiger partial charge in [0, 0.05) is 29.1 Å². The molecule has 24 heavy (non-hydrogen) atoms. The lowest BCUT2D eigenvalue weighted by atomic mass is 10.0. The number of hydrogen-bond donors (Lipinski definition) is 2. The Hall–Kier alpha value is -2.21. The maximum atomic E-state index is 12.6. The summed E-state index contributed by atoms with van der Waals surface area (Å²) in [6.45, 7) is 2.29. The molecule has 0 aliphatic heterocycles. The van der Waals surface area contributed by atoms with Crippen LogP contribution in [0.5, 0.6) is 0 Å². The van der Waals surface area contributed by atoms with Crippen molar-refractivity contribution < 1.29 is 9.59 Å². The van der Waals surface area contributed by atoms with Gasteiger partial charge in [-0.25, -0.2) is 0 Å². The number of carbonyl (C=O) groups excluding carboxylic acids is 2. The van der Waals surface area contributed by atoms with E-state index in [1.54, 1.807) is 12.4 Å². The molecule has 2 aromatic rings. The van der Waals surface area contributed by atoms with Crippen LogP contribution in [0.1, 0.15) is 24.0 Å². The van der Waals surface area contributed by atoms with Crippen molar-refractivity contribution in [3.05, 3.63) is 58.3 Å². The third kappa shape index (κ3) is 3.48. The number of nitrogens with one attached hydrogen (secondary N) is 2. The number of rotatable bonds is 5. The summed E-state index contributed by atoms with van der Waals surface area (Å²) in [6.07, 6.45) is 4.54. The van der Waals surface area contributed by atoms with Crippen LogP contribution < -0.4 is 10.6 Å². The van der Waals surface area contributed by atoms with Crippen LogP contribution in [0.2, 0.25) is 0 Å². The third-order valence-corrected chi connectivity index (χ3v) is 4.73. The molecule has 0 atom stereocenters. The van der Waals surface area contributed by atoms with E-state index in [4.69, 9.17) is 0 Å². The second kappa shape index (κ2) is 6.73. The molecule has 1 saturated carbocycles. The van der Waals surface area contributed by atoms with Crippen LogP contribution in [0.15, 0.2) is 47.2 Å². The Bertz CT molecular complexity index is 773. The van der Waals surface area contributed by atoms with Gasteiger partial charge >= 0.3 is 0 Å². The zero-order valence-electron chi connectivity index (χ0n) is 13.3. The van der Waals surface area contributed by atoms with Gasteiger partial charge in [0.05, 0.1) is 0 Å². The van der Waals surface area contributed by atoms with Gasteiger partial charge in [0.1, 0.15) is 5.41 Å². The smallest absolute Gasteiger partial charge is 0.240 e. The Morgan fingerprint density at radius 1 is 1.25 bits per heavy atom. The molecule has 5 nitrogen and oxygen atoms in total. The first kappa shape index (κ1) is 16.6. The van der Waals surface area contributed by atoms with Gasteiger partial charge in [0.15, 0.2) is 0 Å². The van der Waals surface area contributed by atoms with Crippen molar-refractivity contribution >= 4 is 33.4 Å². The second-order valence-electron chi connectivity index (χ2n) is 6.04. The number of carbonyl (C=O) groups is 2. The fourth-order valence-electron chi connectivity index (χ4n) is 2.55. The molecule has 124 valence electrons. The van der Waals surface area contributed by atoms with E-state index in [1.807, 2.05) is 37.3 Å². The molecule has 0 bridgehead atoms. The summed E-state index contributed by atoms with van der Waals surface area (Å²) in [5.74, 6) is -0.463. The largest absolute Gasteiger partial charge is 0.351 e. The Labute approximate surface area is 149 Å². The van der Waals surface area contributed by atoms with E-state index in [9.17, 15) is 9.59 Å². The number of pyridine rings is 1. The Balaban J connectivity index is 1.64. The summed E-state index contributed by atoms with van der Waals surface area (Å²) in [5, 5.41) is 5.73. The molecule has 1 aliphatic rings. The van der Waals surface area contributed by atoms with Gasteiger partial charge in [-0.05, 0) is 55.2 Å². The first-order chi connectivity index (χ1) is 11.5. The highest BCUT2D eigenvalue weighted by molar-refractivity contribution is 9.10. The minimum Gasteiger partial charge on any atom is -0.351 e. The standard InChI is InChI=1S/C18H18BrN3O2/c1-12-9-14(19)4-5-15(12)22-17(24)18(6-7-18)16(23)21-11-13-3-2-8-20-10-13/h2-5,8-10H,6-7,11H2,1H3,(H,21,23)(H,22,24). The minimum atomic E-state index is -0.943. The van der Waals surface area contributed by atoms with E-state index < -0.39 is 5.41 Å². The maximum absolute atomic E-state index is 12.6. The molecule has 2 N–H and O–H groups in total. The van der Waals surface area contributed by atoms with Crippen LogP contribution in [0.3, 0.4) is 0 Å². The van der Waals surface area contributed by atoms with Crippen molar-refractivity contribution in [2.75, 3.05) is 5.32 Å². The summed E-state index contributed by atoms with van der Waals surface area (Å²) >= 11 is 3.40. The topological polar surface area (TPSA) is 71.1 Å². The summed E-state index contributed by atoms with van der Waals surface area (Å²) in [7, 11) is 0. The van der Waals surface area contributed by atoms with E-state index in [1.165, 1.54) is 0 Å². The van der Waals surface area contributed by atoms with E-state index >= 15 is 0 Å². The number of anilines is 1. The molecule has 0 saturated heterocycles. The number of aryl methyl sites for hydroxylation is 1. The van der Waals surface area contributed by atoms with Crippen molar-refractivity contribution in [1.82, 2.24) is 10.3 Å². The molecule has 0 radical (unpaired) electrons.